The van der Waals surface area contributed by atoms with E-state index in [0.717, 1.165) is 5.56 Å². The van der Waals surface area contributed by atoms with Crippen LogP contribution in [-0.2, 0) is 16.1 Å². The quantitative estimate of drug-likeness (QED) is 0.382. The molecule has 0 bridgehead atoms. The van der Waals surface area contributed by atoms with E-state index in [4.69, 9.17) is 13.9 Å². The Hall–Kier alpha value is -4.00. The van der Waals surface area contributed by atoms with Crippen molar-refractivity contribution in [2.45, 2.75) is 19.5 Å². The smallest absolute Gasteiger partial charge is 0.296 e. The first-order valence-corrected chi connectivity index (χ1v) is 10.3. The Morgan fingerprint density at radius 3 is 2.47 bits per heavy atom. The Morgan fingerprint density at radius 2 is 1.75 bits per heavy atom. The Kier molecular flexibility index (Phi) is 4.93. The van der Waals surface area contributed by atoms with Gasteiger partial charge in [-0.15, -0.1) is 0 Å². The van der Waals surface area contributed by atoms with Gasteiger partial charge in [0.05, 0.1) is 5.57 Å². The topological polar surface area (TPSA) is 89.2 Å². The number of aliphatic hydroxyl groups excluding tert-OH is 1. The summed E-state index contributed by atoms with van der Waals surface area (Å²) in [6.07, 6.45) is 0. The summed E-state index contributed by atoms with van der Waals surface area (Å²) >= 11 is 0. The summed E-state index contributed by atoms with van der Waals surface area (Å²) in [6, 6.07) is 16.9. The lowest BCUT2D eigenvalue weighted by Crippen LogP contribution is -2.29. The number of nitrogens with zero attached hydrogens (tertiary/aromatic N) is 1. The summed E-state index contributed by atoms with van der Waals surface area (Å²) in [5, 5.41) is 11.2. The van der Waals surface area contributed by atoms with Crippen molar-refractivity contribution in [1.82, 2.24) is 4.90 Å². The molecule has 0 spiro atoms. The van der Waals surface area contributed by atoms with Crippen LogP contribution in [0.3, 0.4) is 0 Å². The highest BCUT2D eigenvalue weighted by Crippen LogP contribution is 2.42. The maximum Gasteiger partial charge on any atom is 0.296 e. The second kappa shape index (κ2) is 7.92. The number of Topliss-reactive ketones (excluding diaryl/α,β-unsaturated/α-hetero) is 1. The van der Waals surface area contributed by atoms with Gasteiger partial charge in [0.15, 0.2) is 11.5 Å². The molecule has 0 aliphatic carbocycles. The second-order valence-corrected chi connectivity index (χ2v) is 7.72. The molecule has 7 nitrogen and oxygen atoms in total. The predicted molar refractivity (Wildman–Crippen MR) is 115 cm³/mol. The Balaban J connectivity index is 1.62. The minimum atomic E-state index is -0.850. The molecular formula is C25H21NO6. The molecule has 7 heteroatoms. The molecule has 2 aliphatic heterocycles. The van der Waals surface area contributed by atoms with Gasteiger partial charge < -0.3 is 23.9 Å². The summed E-state index contributed by atoms with van der Waals surface area (Å²) in [6.45, 7) is 2.83. The van der Waals surface area contributed by atoms with Crippen molar-refractivity contribution < 1.29 is 28.6 Å². The highest BCUT2D eigenvalue weighted by molar-refractivity contribution is 6.46. The van der Waals surface area contributed by atoms with Crippen LogP contribution >= 0.6 is 0 Å². The predicted octanol–water partition coefficient (Wildman–Crippen LogP) is 3.98. The number of rotatable bonds is 4. The molecule has 0 saturated carbocycles. The summed E-state index contributed by atoms with van der Waals surface area (Å²) in [5.74, 6) is 0.371. The van der Waals surface area contributed by atoms with E-state index in [1.807, 2.05) is 30.3 Å². The minimum absolute atomic E-state index is 0.0167. The molecule has 1 N–H and O–H groups in total. The van der Waals surface area contributed by atoms with Crippen LogP contribution in [0.25, 0.3) is 5.76 Å². The summed E-state index contributed by atoms with van der Waals surface area (Å²) < 4.78 is 16.9. The van der Waals surface area contributed by atoms with Crippen LogP contribution in [0.1, 0.15) is 28.7 Å². The summed E-state index contributed by atoms with van der Waals surface area (Å²) in [7, 11) is 0. The average molecular weight is 431 g/mol. The molecule has 0 unspecified atom stereocenters. The van der Waals surface area contributed by atoms with E-state index in [0.29, 0.717) is 41.8 Å². The molecule has 5 rings (SSSR count). The number of ketones is 1. The molecule has 2 aromatic carbocycles. The number of hydrogen-bond acceptors (Lipinski definition) is 6. The van der Waals surface area contributed by atoms with Crippen LogP contribution in [0, 0.1) is 6.92 Å². The lowest BCUT2D eigenvalue weighted by molar-refractivity contribution is -0.140. The molecule has 162 valence electrons. The molecule has 3 heterocycles. The second-order valence-electron chi connectivity index (χ2n) is 7.72. The van der Waals surface area contributed by atoms with Crippen molar-refractivity contribution >= 4 is 17.4 Å². The molecule has 1 amide bonds. The lowest BCUT2D eigenvalue weighted by atomic mass is 9.99. The highest BCUT2D eigenvalue weighted by atomic mass is 16.6. The highest BCUT2D eigenvalue weighted by Gasteiger charge is 2.47. The number of benzene rings is 2. The number of aliphatic hydroxyl groups is 1. The molecule has 1 saturated heterocycles. The van der Waals surface area contributed by atoms with Gasteiger partial charge in [0.25, 0.3) is 11.7 Å². The normalized spacial score (nSPS) is 19.4. The fraction of sp³-hybridized carbons (Fsp3) is 0.200. The van der Waals surface area contributed by atoms with Gasteiger partial charge in [0.1, 0.15) is 36.5 Å². The van der Waals surface area contributed by atoms with Crippen LogP contribution in [0.2, 0.25) is 0 Å². The molecule has 1 fully saturated rings. The number of likely N-dealkylation sites (tertiary alicyclic amines) is 1. The molecule has 32 heavy (non-hydrogen) atoms. The number of carbonyl (C=O) groups excluding carboxylic acids is 2. The van der Waals surface area contributed by atoms with E-state index < -0.39 is 17.7 Å². The third-order valence-corrected chi connectivity index (χ3v) is 5.58. The van der Waals surface area contributed by atoms with Gasteiger partial charge in [-0.2, -0.15) is 0 Å². The molecule has 3 aromatic rings. The summed E-state index contributed by atoms with van der Waals surface area (Å²) in [5.41, 5.74) is 1.21. The van der Waals surface area contributed by atoms with E-state index in [2.05, 4.69) is 0 Å². The Bertz CT molecular complexity index is 1230. The van der Waals surface area contributed by atoms with Gasteiger partial charge in [-0.05, 0) is 42.8 Å². The van der Waals surface area contributed by atoms with Crippen molar-refractivity contribution in [2.75, 3.05) is 13.2 Å². The third kappa shape index (κ3) is 3.41. The minimum Gasteiger partial charge on any atom is -0.507 e. The number of aryl methyl sites for hydroxylation is 1. The van der Waals surface area contributed by atoms with Gasteiger partial charge in [-0.1, -0.05) is 30.3 Å². The Labute approximate surface area is 184 Å². The summed E-state index contributed by atoms with van der Waals surface area (Å²) in [4.78, 5) is 27.5. The average Bonchev–Trinajstić information content (AvgIpc) is 3.35. The van der Waals surface area contributed by atoms with E-state index >= 15 is 0 Å². The third-order valence-electron chi connectivity index (χ3n) is 5.58. The maximum absolute atomic E-state index is 13.1. The largest absolute Gasteiger partial charge is 0.507 e. The van der Waals surface area contributed by atoms with Crippen molar-refractivity contribution in [3.8, 4) is 11.5 Å². The van der Waals surface area contributed by atoms with Crippen molar-refractivity contribution in [3.05, 3.63) is 88.9 Å². The first kappa shape index (κ1) is 19.9. The van der Waals surface area contributed by atoms with Gasteiger partial charge >= 0.3 is 0 Å². The fourth-order valence-electron chi connectivity index (χ4n) is 4.07. The molecular weight excluding hydrogens is 410 g/mol. The molecule has 2 aliphatic rings. The van der Waals surface area contributed by atoms with E-state index in [-0.39, 0.29) is 17.9 Å². The number of amides is 1. The number of hydrogen-bond donors (Lipinski definition) is 1. The number of fused-ring (bicyclic) bond motifs is 1. The van der Waals surface area contributed by atoms with E-state index in [9.17, 15) is 14.7 Å². The van der Waals surface area contributed by atoms with Crippen LogP contribution in [-0.4, -0.2) is 34.9 Å². The lowest BCUT2D eigenvalue weighted by Gasteiger charge is -2.23. The fourth-order valence-corrected chi connectivity index (χ4v) is 4.07. The van der Waals surface area contributed by atoms with Crippen LogP contribution in [0.15, 0.2) is 70.7 Å². The van der Waals surface area contributed by atoms with Gasteiger partial charge in [-0.3, -0.25) is 9.59 Å². The van der Waals surface area contributed by atoms with Crippen LogP contribution in [0.4, 0.5) is 0 Å². The zero-order valence-corrected chi connectivity index (χ0v) is 17.4. The SMILES string of the molecule is Cc1ccc([C@@H]2/C(=C(\O)c3ccc4c(c3)OCCO4)C(=O)C(=O)N2Cc2ccccc2)o1. The van der Waals surface area contributed by atoms with Gasteiger partial charge in [0, 0.05) is 12.1 Å². The monoisotopic (exact) mass is 431 g/mol. The van der Waals surface area contributed by atoms with Gasteiger partial charge in [0.2, 0.25) is 0 Å². The molecule has 1 atom stereocenters. The van der Waals surface area contributed by atoms with Crippen LogP contribution in [0.5, 0.6) is 11.5 Å². The van der Waals surface area contributed by atoms with E-state index in [1.165, 1.54) is 4.90 Å². The Morgan fingerprint density at radius 1 is 1.00 bits per heavy atom. The first-order valence-electron chi connectivity index (χ1n) is 10.3. The van der Waals surface area contributed by atoms with Crippen LogP contribution < -0.4 is 9.47 Å². The van der Waals surface area contributed by atoms with Crippen molar-refractivity contribution in [3.63, 3.8) is 0 Å². The standard InChI is InChI=1S/C25H21NO6/c1-15-7-9-19(32-15)22-21(23(27)17-8-10-18-20(13-17)31-12-11-30-18)24(28)25(29)26(22)14-16-5-3-2-4-6-16/h2-10,13,22,27H,11-12,14H2,1H3/b23-21+/t22-/m1/s1. The number of ether oxygens (including phenoxy) is 2. The number of carbonyl (C=O) groups is 2. The molecule has 1 aromatic heterocycles. The van der Waals surface area contributed by atoms with E-state index in [1.54, 1.807) is 37.3 Å². The zero-order chi connectivity index (χ0) is 22.2. The maximum atomic E-state index is 13.1. The van der Waals surface area contributed by atoms with Crippen molar-refractivity contribution in [2.24, 2.45) is 0 Å². The van der Waals surface area contributed by atoms with Crippen molar-refractivity contribution in [1.29, 1.82) is 0 Å². The zero-order valence-electron chi connectivity index (χ0n) is 17.4. The molecule has 0 radical (unpaired) electrons. The first-order chi connectivity index (χ1) is 15.5. The van der Waals surface area contributed by atoms with Gasteiger partial charge in [-0.25, -0.2) is 0 Å². The number of furan rings is 1.